The van der Waals surface area contributed by atoms with E-state index in [1.165, 1.54) is 24.3 Å². The summed E-state index contributed by atoms with van der Waals surface area (Å²) in [6.45, 7) is 1.34. The minimum absolute atomic E-state index is 0.0649. The highest BCUT2D eigenvalue weighted by molar-refractivity contribution is 7.89. The van der Waals surface area contributed by atoms with Gasteiger partial charge >= 0.3 is 0 Å². The predicted octanol–water partition coefficient (Wildman–Crippen LogP) is 0.825. The molecule has 0 radical (unpaired) electrons. The highest BCUT2D eigenvalue weighted by Gasteiger charge is 2.38. The Hall–Kier alpha value is -1.93. The molecule has 0 saturated carbocycles. The van der Waals surface area contributed by atoms with Crippen LogP contribution in [0.3, 0.4) is 0 Å². The van der Waals surface area contributed by atoms with Crippen LogP contribution in [0.2, 0.25) is 0 Å². The maximum absolute atomic E-state index is 12.4. The zero-order chi connectivity index (χ0) is 15.5. The molecule has 1 aromatic carbocycles. The van der Waals surface area contributed by atoms with Crippen molar-refractivity contribution >= 4 is 10.0 Å². The van der Waals surface area contributed by atoms with Gasteiger partial charge in [0.15, 0.2) is 0 Å². The van der Waals surface area contributed by atoms with Gasteiger partial charge in [-0.15, -0.1) is 0 Å². The first-order valence-electron chi connectivity index (χ1n) is 6.55. The van der Waals surface area contributed by atoms with Gasteiger partial charge in [0, 0.05) is 13.1 Å². The Morgan fingerprint density at radius 1 is 1.19 bits per heavy atom. The number of nitriles is 2. The number of sulfonamides is 1. The van der Waals surface area contributed by atoms with Gasteiger partial charge in [-0.2, -0.15) is 15.2 Å². The standard InChI is InChI=1S/C14H16N4O2S/c1-18-8-6-14(11-16,7-9-18)17-21(19,20)13-4-2-12(10-15)3-5-13/h2-5,17H,6-9H2,1H3. The highest BCUT2D eigenvalue weighted by atomic mass is 32.2. The van der Waals surface area contributed by atoms with E-state index in [1.807, 2.05) is 13.1 Å². The maximum Gasteiger partial charge on any atom is 0.241 e. The molecule has 0 atom stereocenters. The average molecular weight is 304 g/mol. The number of rotatable bonds is 3. The Kier molecular flexibility index (Phi) is 4.29. The molecule has 110 valence electrons. The van der Waals surface area contributed by atoms with Crippen LogP contribution >= 0.6 is 0 Å². The lowest BCUT2D eigenvalue weighted by Crippen LogP contribution is -2.53. The molecule has 1 fully saturated rings. The first-order chi connectivity index (χ1) is 9.91. The topological polar surface area (TPSA) is 97.0 Å². The second-order valence-corrected chi connectivity index (χ2v) is 6.92. The minimum atomic E-state index is -3.77. The van der Waals surface area contributed by atoms with Gasteiger partial charge in [-0.05, 0) is 44.2 Å². The number of hydrogen-bond acceptors (Lipinski definition) is 5. The van der Waals surface area contributed by atoms with Crippen molar-refractivity contribution in [2.45, 2.75) is 23.3 Å². The van der Waals surface area contributed by atoms with E-state index >= 15 is 0 Å². The van der Waals surface area contributed by atoms with Gasteiger partial charge < -0.3 is 4.90 Å². The lowest BCUT2D eigenvalue weighted by molar-refractivity contribution is 0.213. The number of benzene rings is 1. The van der Waals surface area contributed by atoms with Crippen molar-refractivity contribution in [1.82, 2.24) is 9.62 Å². The zero-order valence-corrected chi connectivity index (χ0v) is 12.5. The lowest BCUT2D eigenvalue weighted by Gasteiger charge is -2.35. The summed E-state index contributed by atoms with van der Waals surface area (Å²) >= 11 is 0. The lowest BCUT2D eigenvalue weighted by atomic mass is 9.91. The molecule has 0 amide bonds. The molecule has 0 aromatic heterocycles. The van der Waals surface area contributed by atoms with Gasteiger partial charge in [0.25, 0.3) is 0 Å². The van der Waals surface area contributed by atoms with Crippen LogP contribution in [0.25, 0.3) is 0 Å². The molecule has 1 aliphatic heterocycles. The fourth-order valence-corrected chi connectivity index (χ4v) is 3.64. The van der Waals surface area contributed by atoms with Crippen molar-refractivity contribution in [2.24, 2.45) is 0 Å². The molecule has 1 N–H and O–H groups in total. The largest absolute Gasteiger partial charge is 0.306 e. The summed E-state index contributed by atoms with van der Waals surface area (Å²) in [4.78, 5) is 2.13. The van der Waals surface area contributed by atoms with Gasteiger partial charge in [-0.1, -0.05) is 0 Å². The molecule has 1 aliphatic rings. The van der Waals surface area contributed by atoms with Crippen molar-refractivity contribution in [3.05, 3.63) is 29.8 Å². The Labute approximate surface area is 124 Å². The molecule has 1 aromatic rings. The summed E-state index contributed by atoms with van der Waals surface area (Å²) < 4.78 is 27.3. The van der Waals surface area contributed by atoms with E-state index in [0.29, 0.717) is 31.5 Å². The van der Waals surface area contributed by atoms with Crippen LogP contribution in [0.1, 0.15) is 18.4 Å². The monoisotopic (exact) mass is 304 g/mol. The number of likely N-dealkylation sites (tertiary alicyclic amines) is 1. The van der Waals surface area contributed by atoms with Gasteiger partial charge in [-0.3, -0.25) is 0 Å². The second kappa shape index (κ2) is 5.82. The number of nitrogens with one attached hydrogen (secondary N) is 1. The molecule has 21 heavy (non-hydrogen) atoms. The number of nitrogens with zero attached hydrogens (tertiary/aromatic N) is 3. The zero-order valence-electron chi connectivity index (χ0n) is 11.7. The molecule has 0 unspecified atom stereocenters. The van der Waals surface area contributed by atoms with Gasteiger partial charge in [0.2, 0.25) is 10.0 Å². The first kappa shape index (κ1) is 15.5. The second-order valence-electron chi connectivity index (χ2n) is 5.24. The number of piperidine rings is 1. The Balaban J connectivity index is 2.23. The summed E-state index contributed by atoms with van der Waals surface area (Å²) in [5.41, 5.74) is -0.664. The van der Waals surface area contributed by atoms with E-state index in [2.05, 4.69) is 15.7 Å². The Morgan fingerprint density at radius 2 is 1.76 bits per heavy atom. The molecule has 0 aliphatic carbocycles. The molecular formula is C14H16N4O2S. The molecule has 6 nitrogen and oxygen atoms in total. The van der Waals surface area contributed by atoms with Crippen LogP contribution in [-0.2, 0) is 10.0 Å². The maximum atomic E-state index is 12.4. The average Bonchev–Trinajstić information content (AvgIpc) is 2.50. The summed E-state index contributed by atoms with van der Waals surface area (Å²) in [5, 5.41) is 18.1. The predicted molar refractivity (Wildman–Crippen MR) is 76.6 cm³/mol. The van der Waals surface area contributed by atoms with Crippen molar-refractivity contribution in [1.29, 1.82) is 10.5 Å². The third-order valence-electron chi connectivity index (χ3n) is 3.68. The number of hydrogen-bond donors (Lipinski definition) is 1. The van der Waals surface area contributed by atoms with E-state index in [1.54, 1.807) is 0 Å². The minimum Gasteiger partial charge on any atom is -0.306 e. The van der Waals surface area contributed by atoms with Crippen molar-refractivity contribution in [3.63, 3.8) is 0 Å². The Bertz CT molecular complexity index is 690. The van der Waals surface area contributed by atoms with Crippen LogP contribution in [0.15, 0.2) is 29.2 Å². The van der Waals surface area contributed by atoms with Crippen molar-refractivity contribution < 1.29 is 8.42 Å². The van der Waals surface area contributed by atoms with E-state index in [9.17, 15) is 13.7 Å². The van der Waals surface area contributed by atoms with E-state index in [0.717, 1.165) is 0 Å². The normalized spacial score (nSPS) is 18.6. The van der Waals surface area contributed by atoms with E-state index in [-0.39, 0.29) is 4.90 Å². The summed E-state index contributed by atoms with van der Waals surface area (Å²) in [6.07, 6.45) is 0.908. The third kappa shape index (κ3) is 3.40. The molecule has 0 spiro atoms. The fraction of sp³-hybridized carbons (Fsp3) is 0.429. The summed E-state index contributed by atoms with van der Waals surface area (Å²) in [5.74, 6) is 0. The fourth-order valence-electron chi connectivity index (χ4n) is 2.26. The summed E-state index contributed by atoms with van der Waals surface area (Å²) in [6, 6.07) is 9.70. The molecule has 7 heteroatoms. The Morgan fingerprint density at radius 3 is 2.24 bits per heavy atom. The van der Waals surface area contributed by atoms with Gasteiger partial charge in [0.05, 0.1) is 22.6 Å². The van der Waals surface area contributed by atoms with Crippen LogP contribution in [0.5, 0.6) is 0 Å². The first-order valence-corrected chi connectivity index (χ1v) is 8.03. The molecular weight excluding hydrogens is 288 g/mol. The van der Waals surface area contributed by atoms with Crippen molar-refractivity contribution in [2.75, 3.05) is 20.1 Å². The van der Waals surface area contributed by atoms with Gasteiger partial charge in [0.1, 0.15) is 5.54 Å². The molecule has 2 rings (SSSR count). The van der Waals surface area contributed by atoms with Crippen LogP contribution in [-0.4, -0.2) is 39.0 Å². The van der Waals surface area contributed by atoms with E-state index in [4.69, 9.17) is 5.26 Å². The van der Waals surface area contributed by atoms with Crippen LogP contribution in [0.4, 0.5) is 0 Å². The highest BCUT2D eigenvalue weighted by Crippen LogP contribution is 2.23. The SMILES string of the molecule is CN1CCC(C#N)(NS(=O)(=O)c2ccc(C#N)cc2)CC1. The van der Waals surface area contributed by atoms with Crippen molar-refractivity contribution in [3.8, 4) is 12.1 Å². The third-order valence-corrected chi connectivity index (χ3v) is 5.23. The van der Waals surface area contributed by atoms with Crippen LogP contribution < -0.4 is 4.72 Å². The molecule has 0 bridgehead atoms. The van der Waals surface area contributed by atoms with Gasteiger partial charge in [-0.25, -0.2) is 8.42 Å². The van der Waals surface area contributed by atoms with Crippen LogP contribution in [0, 0.1) is 22.7 Å². The smallest absolute Gasteiger partial charge is 0.241 e. The van der Waals surface area contributed by atoms with E-state index < -0.39 is 15.6 Å². The molecule has 1 heterocycles. The quantitative estimate of drug-likeness (QED) is 0.892. The summed E-state index contributed by atoms with van der Waals surface area (Å²) in [7, 11) is -1.83. The molecule has 1 saturated heterocycles.